The molecule has 1 nitrogen and oxygen atoms in total. The lowest BCUT2D eigenvalue weighted by Crippen LogP contribution is -2.43. The third-order valence-electron chi connectivity index (χ3n) is 6.04. The third kappa shape index (κ3) is 1.79. The van der Waals surface area contributed by atoms with E-state index in [0.717, 1.165) is 0 Å². The minimum absolute atomic E-state index is 0.159. The Hall–Kier alpha value is -0.820. The van der Waals surface area contributed by atoms with E-state index in [4.69, 9.17) is 0 Å². The quantitative estimate of drug-likeness (QED) is 0.767. The zero-order chi connectivity index (χ0) is 14.7. The van der Waals surface area contributed by atoms with Crippen LogP contribution in [0.1, 0.15) is 82.6 Å². The number of hydrogen-bond acceptors (Lipinski definition) is 1. The summed E-state index contributed by atoms with van der Waals surface area (Å²) in [5.41, 5.74) is 4.35. The van der Waals surface area contributed by atoms with Crippen LogP contribution in [0, 0.1) is 11.3 Å². The number of fused-ring (bicyclic) bond motifs is 3. The van der Waals surface area contributed by atoms with Gasteiger partial charge in [-0.15, -0.1) is 0 Å². The average molecular weight is 272 g/mol. The zero-order valence-corrected chi connectivity index (χ0v) is 13.5. The summed E-state index contributed by atoms with van der Waals surface area (Å²) in [6, 6.07) is 6.84. The fourth-order valence-electron chi connectivity index (χ4n) is 5.05. The molecule has 1 heteroatoms. The summed E-state index contributed by atoms with van der Waals surface area (Å²) in [4.78, 5) is 0. The van der Waals surface area contributed by atoms with E-state index in [0.29, 0.717) is 11.8 Å². The molecule has 110 valence electrons. The topological polar surface area (TPSA) is 20.2 Å². The highest BCUT2D eigenvalue weighted by Crippen LogP contribution is 2.62. The summed E-state index contributed by atoms with van der Waals surface area (Å²) in [5, 5.41) is 11.0. The molecule has 0 heterocycles. The minimum atomic E-state index is -0.288. The van der Waals surface area contributed by atoms with Crippen molar-refractivity contribution < 1.29 is 5.11 Å². The molecule has 1 fully saturated rings. The molecule has 0 spiro atoms. The first kappa shape index (κ1) is 14.1. The smallest absolute Gasteiger partial charge is 0.0834 e. The molecule has 0 bridgehead atoms. The van der Waals surface area contributed by atoms with Crippen LogP contribution in [0.25, 0.3) is 0 Å². The van der Waals surface area contributed by atoms with Crippen molar-refractivity contribution in [2.24, 2.45) is 11.3 Å². The first-order valence-electron chi connectivity index (χ1n) is 8.10. The number of rotatable bonds is 1. The Morgan fingerprint density at radius 2 is 1.85 bits per heavy atom. The van der Waals surface area contributed by atoms with Crippen LogP contribution in [-0.4, -0.2) is 5.11 Å². The maximum absolute atomic E-state index is 11.0. The molecular formula is C19H28O. The molecule has 0 aromatic heterocycles. The standard InChI is InChI=1S/C19H28O/c1-12(2)13-7-8-15-14(11-13)16(20)17-18(3,4)9-6-10-19(15,17)5/h7-8,11-12,16-17,20H,6,9-10H2,1-5H3/t16-,17-,19-/m1/s1. The van der Waals surface area contributed by atoms with E-state index in [1.807, 2.05) is 0 Å². The van der Waals surface area contributed by atoms with Crippen molar-refractivity contribution in [3.05, 3.63) is 34.9 Å². The highest BCUT2D eigenvalue weighted by molar-refractivity contribution is 5.46. The second-order valence-electron chi connectivity index (χ2n) is 8.18. The van der Waals surface area contributed by atoms with Gasteiger partial charge in [-0.05, 0) is 46.3 Å². The van der Waals surface area contributed by atoms with E-state index >= 15 is 0 Å². The first-order valence-corrected chi connectivity index (χ1v) is 8.10. The molecule has 1 N–H and O–H groups in total. The van der Waals surface area contributed by atoms with Gasteiger partial charge in [0.25, 0.3) is 0 Å². The van der Waals surface area contributed by atoms with Crippen molar-refractivity contribution >= 4 is 0 Å². The van der Waals surface area contributed by atoms with E-state index in [-0.39, 0.29) is 16.9 Å². The van der Waals surface area contributed by atoms with Crippen LogP contribution < -0.4 is 0 Å². The molecule has 0 radical (unpaired) electrons. The average Bonchev–Trinajstić information content (AvgIpc) is 2.58. The summed E-state index contributed by atoms with van der Waals surface area (Å²) in [7, 11) is 0. The zero-order valence-electron chi connectivity index (χ0n) is 13.5. The van der Waals surface area contributed by atoms with Crippen LogP contribution in [0.15, 0.2) is 18.2 Å². The summed E-state index contributed by atoms with van der Waals surface area (Å²) in [5.74, 6) is 0.886. The van der Waals surface area contributed by atoms with Gasteiger partial charge in [-0.1, -0.05) is 59.2 Å². The first-order chi connectivity index (χ1) is 9.27. The molecule has 0 saturated heterocycles. The van der Waals surface area contributed by atoms with E-state index < -0.39 is 0 Å². The van der Waals surface area contributed by atoms with E-state index in [9.17, 15) is 5.11 Å². The SMILES string of the molecule is CC(C)c1ccc2c(c1)[C@@H](O)[C@@H]1C(C)(C)CCC[C@]21C. The number of hydrogen-bond donors (Lipinski definition) is 1. The summed E-state index contributed by atoms with van der Waals surface area (Å²) in [6.45, 7) is 11.5. The number of benzene rings is 1. The predicted molar refractivity (Wildman–Crippen MR) is 84.0 cm³/mol. The molecule has 3 atom stereocenters. The molecule has 0 amide bonds. The minimum Gasteiger partial charge on any atom is -0.388 e. The number of aliphatic hydroxyl groups is 1. The highest BCUT2D eigenvalue weighted by Gasteiger charge is 2.56. The van der Waals surface area contributed by atoms with Gasteiger partial charge in [0.1, 0.15) is 0 Å². The molecule has 2 aliphatic rings. The van der Waals surface area contributed by atoms with Crippen molar-refractivity contribution in [3.8, 4) is 0 Å². The summed E-state index contributed by atoms with van der Waals surface area (Å²) >= 11 is 0. The Labute approximate surface area is 123 Å². The Bertz CT molecular complexity index is 529. The maximum Gasteiger partial charge on any atom is 0.0834 e. The van der Waals surface area contributed by atoms with Gasteiger partial charge in [0.2, 0.25) is 0 Å². The summed E-state index contributed by atoms with van der Waals surface area (Å²) in [6.07, 6.45) is 3.43. The maximum atomic E-state index is 11.0. The second-order valence-corrected chi connectivity index (χ2v) is 8.18. The van der Waals surface area contributed by atoms with E-state index in [1.54, 1.807) is 0 Å². The molecule has 2 aliphatic carbocycles. The van der Waals surface area contributed by atoms with Gasteiger partial charge in [0.15, 0.2) is 0 Å². The van der Waals surface area contributed by atoms with Crippen molar-refractivity contribution in [1.29, 1.82) is 0 Å². The van der Waals surface area contributed by atoms with Gasteiger partial charge < -0.3 is 5.11 Å². The molecule has 0 unspecified atom stereocenters. The predicted octanol–water partition coefficient (Wildman–Crippen LogP) is 4.94. The lowest BCUT2D eigenvalue weighted by Gasteiger charge is -2.48. The Morgan fingerprint density at radius 3 is 2.50 bits per heavy atom. The van der Waals surface area contributed by atoms with Crippen LogP contribution in [0.3, 0.4) is 0 Å². The van der Waals surface area contributed by atoms with Crippen LogP contribution in [0.2, 0.25) is 0 Å². The van der Waals surface area contributed by atoms with Gasteiger partial charge in [0.05, 0.1) is 6.10 Å². The third-order valence-corrected chi connectivity index (χ3v) is 6.04. The fraction of sp³-hybridized carbons (Fsp3) is 0.684. The Balaban J connectivity index is 2.14. The van der Waals surface area contributed by atoms with Crippen LogP contribution in [-0.2, 0) is 5.41 Å². The number of aliphatic hydroxyl groups excluding tert-OH is 1. The van der Waals surface area contributed by atoms with Crippen molar-refractivity contribution in [2.75, 3.05) is 0 Å². The van der Waals surface area contributed by atoms with Gasteiger partial charge in [-0.2, -0.15) is 0 Å². The monoisotopic (exact) mass is 272 g/mol. The lowest BCUT2D eigenvalue weighted by atomic mass is 9.56. The summed E-state index contributed by atoms with van der Waals surface area (Å²) < 4.78 is 0. The van der Waals surface area contributed by atoms with Gasteiger partial charge >= 0.3 is 0 Å². The van der Waals surface area contributed by atoms with Gasteiger partial charge in [0, 0.05) is 5.92 Å². The molecule has 1 aromatic carbocycles. The molecule has 1 saturated carbocycles. The van der Waals surface area contributed by atoms with E-state index in [2.05, 4.69) is 52.8 Å². The molecule has 1 aromatic rings. The van der Waals surface area contributed by atoms with Crippen molar-refractivity contribution in [3.63, 3.8) is 0 Å². The van der Waals surface area contributed by atoms with Crippen LogP contribution in [0.5, 0.6) is 0 Å². The molecule has 3 rings (SSSR count). The molecule has 0 aliphatic heterocycles. The van der Waals surface area contributed by atoms with Gasteiger partial charge in [-0.25, -0.2) is 0 Å². The molecule has 20 heavy (non-hydrogen) atoms. The van der Waals surface area contributed by atoms with Crippen LogP contribution in [0.4, 0.5) is 0 Å². The largest absolute Gasteiger partial charge is 0.388 e. The van der Waals surface area contributed by atoms with Crippen LogP contribution >= 0.6 is 0 Å². The van der Waals surface area contributed by atoms with Crippen molar-refractivity contribution in [1.82, 2.24) is 0 Å². The van der Waals surface area contributed by atoms with Crippen molar-refractivity contribution in [2.45, 2.75) is 71.3 Å². The fourth-order valence-corrected chi connectivity index (χ4v) is 5.05. The highest BCUT2D eigenvalue weighted by atomic mass is 16.3. The van der Waals surface area contributed by atoms with Gasteiger partial charge in [-0.3, -0.25) is 0 Å². The lowest BCUT2D eigenvalue weighted by molar-refractivity contribution is -0.0272. The van der Waals surface area contributed by atoms with E-state index in [1.165, 1.54) is 36.0 Å². The molecular weight excluding hydrogens is 244 g/mol. The second kappa shape index (κ2) is 4.34. The Morgan fingerprint density at radius 1 is 1.15 bits per heavy atom. The normalized spacial score (nSPS) is 35.0. The Kier molecular flexibility index (Phi) is 3.06.